The molecule has 2 rings (SSSR count). The number of nitrogens with one attached hydrogen (secondary N) is 1. The van der Waals surface area contributed by atoms with Crippen molar-refractivity contribution < 1.29 is 13.9 Å². The molecule has 0 heterocycles. The molecule has 0 aromatic heterocycles. The molecule has 2 aromatic rings. The van der Waals surface area contributed by atoms with Crippen molar-refractivity contribution in [2.24, 2.45) is 0 Å². The van der Waals surface area contributed by atoms with Crippen LogP contribution in [0.15, 0.2) is 42.5 Å². The molecule has 4 nitrogen and oxygen atoms in total. The summed E-state index contributed by atoms with van der Waals surface area (Å²) in [5, 5.41) is 2.97. The molecule has 0 saturated carbocycles. The third-order valence-corrected chi connectivity index (χ3v) is 3.59. The molecule has 0 unspecified atom stereocenters. The van der Waals surface area contributed by atoms with E-state index in [1.165, 1.54) is 19.2 Å². The van der Waals surface area contributed by atoms with Crippen molar-refractivity contribution in [1.82, 2.24) is 0 Å². The first-order chi connectivity index (χ1) is 11.5. The normalized spacial score (nSPS) is 9.92. The van der Waals surface area contributed by atoms with E-state index in [0.29, 0.717) is 29.5 Å². The highest BCUT2D eigenvalue weighted by molar-refractivity contribution is 6.33. The summed E-state index contributed by atoms with van der Waals surface area (Å²) < 4.78 is 17.6. The van der Waals surface area contributed by atoms with Crippen molar-refractivity contribution in [1.29, 1.82) is 0 Å². The number of rotatable bonds is 5. The summed E-state index contributed by atoms with van der Waals surface area (Å²) in [6.07, 6.45) is 4.86. The molecule has 0 aliphatic rings. The Morgan fingerprint density at radius 3 is 2.62 bits per heavy atom. The van der Waals surface area contributed by atoms with Gasteiger partial charge in [0.2, 0.25) is 0 Å². The minimum absolute atomic E-state index is 0.293. The van der Waals surface area contributed by atoms with Gasteiger partial charge in [0.25, 0.3) is 0 Å². The molecule has 0 spiro atoms. The average Bonchev–Trinajstić information content (AvgIpc) is 2.56. The quantitative estimate of drug-likeness (QED) is 0.821. The van der Waals surface area contributed by atoms with Gasteiger partial charge in [-0.3, -0.25) is 5.32 Å². The Bertz CT molecular complexity index is 757. The molecular weight excluding hydrogens is 331 g/mol. The van der Waals surface area contributed by atoms with Crippen LogP contribution in [0.1, 0.15) is 5.56 Å². The van der Waals surface area contributed by atoms with E-state index in [9.17, 15) is 9.18 Å². The number of benzene rings is 2. The Hall–Kier alpha value is -2.71. The number of amides is 1. The third-order valence-electron chi connectivity index (χ3n) is 3.29. The van der Waals surface area contributed by atoms with Crippen molar-refractivity contribution in [3.8, 4) is 12.3 Å². The number of terminal acetylenes is 1. The van der Waals surface area contributed by atoms with Crippen LogP contribution in [0, 0.1) is 18.2 Å². The minimum Gasteiger partial charge on any atom is -0.453 e. The molecule has 124 valence electrons. The lowest BCUT2D eigenvalue weighted by Gasteiger charge is -2.24. The maximum Gasteiger partial charge on any atom is 0.411 e. The molecule has 0 aliphatic heterocycles. The zero-order valence-electron chi connectivity index (χ0n) is 13.1. The molecule has 2 aromatic carbocycles. The summed E-state index contributed by atoms with van der Waals surface area (Å²) in [6.45, 7) is 0.814. The summed E-state index contributed by atoms with van der Waals surface area (Å²) in [5.41, 5.74) is 2.13. The van der Waals surface area contributed by atoms with Crippen molar-refractivity contribution in [2.75, 3.05) is 23.9 Å². The number of ether oxygens (including phenoxy) is 1. The Kier molecular flexibility index (Phi) is 6.05. The summed E-state index contributed by atoms with van der Waals surface area (Å²) in [5.74, 6) is 2.29. The Morgan fingerprint density at radius 1 is 1.33 bits per heavy atom. The average molecular weight is 347 g/mol. The van der Waals surface area contributed by atoms with Crippen LogP contribution < -0.4 is 10.2 Å². The van der Waals surface area contributed by atoms with Crippen LogP contribution in [-0.4, -0.2) is 19.7 Å². The van der Waals surface area contributed by atoms with Gasteiger partial charge in [-0.15, -0.1) is 6.42 Å². The van der Waals surface area contributed by atoms with Crippen molar-refractivity contribution in [3.63, 3.8) is 0 Å². The maximum atomic E-state index is 13.0. The van der Waals surface area contributed by atoms with Crippen LogP contribution in [0.2, 0.25) is 5.02 Å². The maximum absolute atomic E-state index is 13.0. The number of anilines is 2. The fraction of sp³-hybridized carbons (Fsp3) is 0.167. The smallest absolute Gasteiger partial charge is 0.411 e. The first kappa shape index (κ1) is 17.6. The topological polar surface area (TPSA) is 41.6 Å². The second-order valence-electron chi connectivity index (χ2n) is 4.97. The molecule has 24 heavy (non-hydrogen) atoms. The lowest BCUT2D eigenvalue weighted by atomic mass is 10.2. The lowest BCUT2D eigenvalue weighted by molar-refractivity contribution is 0.187. The zero-order chi connectivity index (χ0) is 17.5. The van der Waals surface area contributed by atoms with Crippen LogP contribution in [0.4, 0.5) is 20.6 Å². The molecule has 0 fully saturated rings. The van der Waals surface area contributed by atoms with Gasteiger partial charge in [0, 0.05) is 12.2 Å². The predicted molar refractivity (Wildman–Crippen MR) is 93.8 cm³/mol. The Labute approximate surface area is 145 Å². The first-order valence-electron chi connectivity index (χ1n) is 7.11. The van der Waals surface area contributed by atoms with Crippen molar-refractivity contribution in [2.45, 2.75) is 6.54 Å². The van der Waals surface area contributed by atoms with Crippen LogP contribution in [-0.2, 0) is 11.3 Å². The summed E-state index contributed by atoms with van der Waals surface area (Å²) in [4.78, 5) is 13.1. The van der Waals surface area contributed by atoms with Gasteiger partial charge < -0.3 is 9.64 Å². The number of nitrogens with zero attached hydrogens (tertiary/aromatic N) is 1. The van der Waals surface area contributed by atoms with Gasteiger partial charge in [-0.2, -0.15) is 0 Å². The van der Waals surface area contributed by atoms with E-state index >= 15 is 0 Å². The highest BCUT2D eigenvalue weighted by Crippen LogP contribution is 2.30. The molecule has 1 amide bonds. The van der Waals surface area contributed by atoms with Crippen molar-refractivity contribution >= 4 is 29.1 Å². The van der Waals surface area contributed by atoms with Gasteiger partial charge in [0.05, 0.1) is 24.4 Å². The number of carbonyl (C=O) groups excluding carboxylic acids is 1. The van der Waals surface area contributed by atoms with Crippen molar-refractivity contribution in [3.05, 3.63) is 58.9 Å². The molecular formula is C18H16ClFN2O2. The van der Waals surface area contributed by atoms with E-state index in [1.807, 2.05) is 4.90 Å². The molecule has 0 bridgehead atoms. The summed E-state index contributed by atoms with van der Waals surface area (Å²) in [7, 11) is 1.28. The first-order valence-corrected chi connectivity index (χ1v) is 7.48. The van der Waals surface area contributed by atoms with E-state index in [2.05, 4.69) is 16.0 Å². The summed E-state index contributed by atoms with van der Waals surface area (Å²) >= 11 is 6.32. The van der Waals surface area contributed by atoms with Gasteiger partial charge in [-0.1, -0.05) is 29.7 Å². The van der Waals surface area contributed by atoms with E-state index in [4.69, 9.17) is 18.0 Å². The minimum atomic E-state index is -0.578. The van der Waals surface area contributed by atoms with E-state index in [1.54, 1.807) is 30.3 Å². The second kappa shape index (κ2) is 8.23. The molecule has 0 aliphatic carbocycles. The van der Waals surface area contributed by atoms with E-state index in [0.717, 1.165) is 5.56 Å². The van der Waals surface area contributed by atoms with Crippen LogP contribution in [0.3, 0.4) is 0 Å². The molecule has 0 saturated heterocycles. The van der Waals surface area contributed by atoms with Crippen LogP contribution >= 0.6 is 11.6 Å². The molecule has 6 heteroatoms. The Morgan fingerprint density at radius 2 is 2.04 bits per heavy atom. The number of hydrogen-bond acceptors (Lipinski definition) is 3. The largest absolute Gasteiger partial charge is 0.453 e. The highest BCUT2D eigenvalue weighted by atomic mass is 35.5. The molecule has 1 N–H and O–H groups in total. The number of halogens is 2. The number of hydrogen-bond donors (Lipinski definition) is 1. The SMILES string of the molecule is C#CCN(Cc1ccc(F)cc1)c1ccc(NC(=O)OC)cc1Cl. The van der Waals surface area contributed by atoms with E-state index < -0.39 is 6.09 Å². The third kappa shape index (κ3) is 4.64. The predicted octanol–water partition coefficient (Wildman–Crippen LogP) is 4.30. The molecule has 0 atom stereocenters. The standard InChI is InChI=1S/C18H16ClFN2O2/c1-3-10-22(12-13-4-6-14(20)7-5-13)17-9-8-15(11-16(17)19)21-18(23)24-2/h1,4-9,11H,10,12H2,2H3,(H,21,23). The number of methoxy groups -OCH3 is 1. The van der Waals surface area contributed by atoms with Gasteiger partial charge in [0.15, 0.2) is 0 Å². The lowest BCUT2D eigenvalue weighted by Crippen LogP contribution is -2.23. The van der Waals surface area contributed by atoms with Crippen LogP contribution in [0.25, 0.3) is 0 Å². The van der Waals surface area contributed by atoms with E-state index in [-0.39, 0.29) is 5.82 Å². The van der Waals surface area contributed by atoms with Gasteiger partial charge in [-0.05, 0) is 35.9 Å². The second-order valence-corrected chi connectivity index (χ2v) is 5.38. The number of carbonyl (C=O) groups is 1. The van der Waals surface area contributed by atoms with Gasteiger partial charge in [-0.25, -0.2) is 9.18 Å². The molecule has 0 radical (unpaired) electrons. The summed E-state index contributed by atoms with van der Waals surface area (Å²) in [6, 6.07) is 11.3. The monoisotopic (exact) mass is 346 g/mol. The van der Waals surface area contributed by atoms with Gasteiger partial charge >= 0.3 is 6.09 Å². The highest BCUT2D eigenvalue weighted by Gasteiger charge is 2.12. The zero-order valence-corrected chi connectivity index (χ0v) is 13.8. The fourth-order valence-electron chi connectivity index (χ4n) is 2.16. The van der Waals surface area contributed by atoms with Gasteiger partial charge in [0.1, 0.15) is 5.82 Å². The fourth-order valence-corrected chi connectivity index (χ4v) is 2.46. The Balaban J connectivity index is 2.22. The van der Waals surface area contributed by atoms with Crippen LogP contribution in [0.5, 0.6) is 0 Å².